The van der Waals surface area contributed by atoms with Crippen molar-refractivity contribution in [3.63, 3.8) is 0 Å². The molecule has 30 heavy (non-hydrogen) atoms. The van der Waals surface area contributed by atoms with Crippen molar-refractivity contribution in [2.75, 3.05) is 11.9 Å². The smallest absolute Gasteiger partial charge is 0.231 e. The molecule has 2 aromatic carbocycles. The van der Waals surface area contributed by atoms with Gasteiger partial charge >= 0.3 is 0 Å². The van der Waals surface area contributed by atoms with Crippen LogP contribution in [0.15, 0.2) is 48.5 Å². The van der Waals surface area contributed by atoms with E-state index in [1.807, 2.05) is 31.2 Å². The summed E-state index contributed by atoms with van der Waals surface area (Å²) < 4.78 is 5.91. The topological polar surface area (TPSA) is 38.3 Å². The summed E-state index contributed by atoms with van der Waals surface area (Å²) in [6.07, 6.45) is 9.06. The largest absolute Gasteiger partial charge is 0.494 e. The van der Waals surface area contributed by atoms with E-state index >= 15 is 0 Å². The SMILES string of the molecule is CC(C)Cc1ccc(C(C)C(=O)Nc2ccc(OCCC3CCCCC3)cc2)cc1. The highest BCUT2D eigenvalue weighted by molar-refractivity contribution is 5.95. The fraction of sp³-hybridized carbons (Fsp3) is 0.519. The summed E-state index contributed by atoms with van der Waals surface area (Å²) in [4.78, 5) is 12.7. The third kappa shape index (κ3) is 6.90. The van der Waals surface area contributed by atoms with E-state index in [0.29, 0.717) is 5.92 Å². The molecule has 1 unspecified atom stereocenters. The molecule has 2 aromatic rings. The summed E-state index contributed by atoms with van der Waals surface area (Å²) in [5.41, 5.74) is 3.17. The Morgan fingerprint density at radius 2 is 1.63 bits per heavy atom. The van der Waals surface area contributed by atoms with Crippen molar-refractivity contribution in [1.29, 1.82) is 0 Å². The Hall–Kier alpha value is -2.29. The molecule has 3 rings (SSSR count). The van der Waals surface area contributed by atoms with Crippen LogP contribution in [-0.4, -0.2) is 12.5 Å². The minimum absolute atomic E-state index is 0.0116. The number of hydrogen-bond acceptors (Lipinski definition) is 2. The van der Waals surface area contributed by atoms with E-state index in [9.17, 15) is 4.79 Å². The zero-order valence-electron chi connectivity index (χ0n) is 18.8. The number of carbonyl (C=O) groups excluding carboxylic acids is 1. The van der Waals surface area contributed by atoms with Gasteiger partial charge in [0.15, 0.2) is 0 Å². The zero-order chi connectivity index (χ0) is 21.3. The highest BCUT2D eigenvalue weighted by atomic mass is 16.5. The summed E-state index contributed by atoms with van der Waals surface area (Å²) in [5.74, 6) is 2.16. The number of anilines is 1. The number of hydrogen-bond donors (Lipinski definition) is 1. The van der Waals surface area contributed by atoms with Gasteiger partial charge in [-0.15, -0.1) is 0 Å². The predicted octanol–water partition coefficient (Wildman–Crippen LogP) is 6.98. The van der Waals surface area contributed by atoms with E-state index in [1.54, 1.807) is 0 Å². The highest BCUT2D eigenvalue weighted by Gasteiger charge is 2.16. The molecule has 162 valence electrons. The minimum atomic E-state index is -0.190. The lowest BCUT2D eigenvalue weighted by atomic mass is 9.87. The number of nitrogens with one attached hydrogen (secondary N) is 1. The molecule has 0 spiro atoms. The lowest BCUT2D eigenvalue weighted by Gasteiger charge is -2.21. The average Bonchev–Trinajstić information content (AvgIpc) is 2.75. The van der Waals surface area contributed by atoms with Gasteiger partial charge in [-0.1, -0.05) is 70.2 Å². The molecule has 3 nitrogen and oxygen atoms in total. The second-order valence-electron chi connectivity index (χ2n) is 9.22. The summed E-state index contributed by atoms with van der Waals surface area (Å²) in [6, 6.07) is 16.2. The molecule has 1 amide bonds. The number of rotatable bonds is 9. The monoisotopic (exact) mass is 407 g/mol. The first-order chi connectivity index (χ1) is 14.5. The quantitative estimate of drug-likeness (QED) is 0.487. The van der Waals surface area contributed by atoms with Crippen LogP contribution >= 0.6 is 0 Å². The van der Waals surface area contributed by atoms with Crippen LogP contribution in [0.3, 0.4) is 0 Å². The van der Waals surface area contributed by atoms with Crippen LogP contribution in [0.4, 0.5) is 5.69 Å². The van der Waals surface area contributed by atoms with Crippen LogP contribution in [0.1, 0.15) is 76.3 Å². The number of amides is 1. The molecule has 1 fully saturated rings. The van der Waals surface area contributed by atoms with E-state index in [-0.39, 0.29) is 11.8 Å². The Morgan fingerprint density at radius 3 is 2.27 bits per heavy atom. The molecule has 0 bridgehead atoms. The van der Waals surface area contributed by atoms with Crippen molar-refractivity contribution in [3.8, 4) is 5.75 Å². The molecule has 1 atom stereocenters. The van der Waals surface area contributed by atoms with Crippen LogP contribution in [0, 0.1) is 11.8 Å². The number of ether oxygens (including phenoxy) is 1. The molecular weight excluding hydrogens is 370 g/mol. The van der Waals surface area contributed by atoms with Gasteiger partial charge in [0.2, 0.25) is 5.91 Å². The third-order valence-electron chi connectivity index (χ3n) is 6.16. The average molecular weight is 408 g/mol. The Balaban J connectivity index is 1.46. The molecule has 3 heteroatoms. The van der Waals surface area contributed by atoms with E-state index in [2.05, 4.69) is 43.4 Å². The summed E-state index contributed by atoms with van der Waals surface area (Å²) in [6.45, 7) is 7.17. The van der Waals surface area contributed by atoms with Crippen molar-refractivity contribution >= 4 is 11.6 Å². The Morgan fingerprint density at radius 1 is 0.967 bits per heavy atom. The fourth-order valence-corrected chi connectivity index (χ4v) is 4.27. The second kappa shape index (κ2) is 11.2. The van der Waals surface area contributed by atoms with Gasteiger partial charge in [-0.3, -0.25) is 4.79 Å². The first kappa shape index (κ1) is 22.4. The van der Waals surface area contributed by atoms with Gasteiger partial charge in [0.1, 0.15) is 5.75 Å². The van der Waals surface area contributed by atoms with Crippen molar-refractivity contribution in [1.82, 2.24) is 0 Å². The van der Waals surface area contributed by atoms with Gasteiger partial charge < -0.3 is 10.1 Å². The highest BCUT2D eigenvalue weighted by Crippen LogP contribution is 2.27. The van der Waals surface area contributed by atoms with Gasteiger partial charge in [-0.2, -0.15) is 0 Å². The Bertz CT molecular complexity index is 774. The summed E-state index contributed by atoms with van der Waals surface area (Å²) in [7, 11) is 0. The van der Waals surface area contributed by atoms with Crippen LogP contribution in [-0.2, 0) is 11.2 Å². The number of benzene rings is 2. The standard InChI is InChI=1S/C27H37NO2/c1-20(2)19-23-9-11-24(12-10-23)21(3)27(29)28-25-13-15-26(16-14-25)30-18-17-22-7-5-4-6-8-22/h9-16,20-22H,4-8,17-19H2,1-3H3,(H,28,29). The first-order valence-corrected chi connectivity index (χ1v) is 11.6. The van der Waals surface area contributed by atoms with Gasteiger partial charge in [0.25, 0.3) is 0 Å². The maximum atomic E-state index is 12.7. The summed E-state index contributed by atoms with van der Waals surface area (Å²) in [5, 5.41) is 3.03. The van der Waals surface area contributed by atoms with Crippen molar-refractivity contribution in [2.24, 2.45) is 11.8 Å². The van der Waals surface area contributed by atoms with Crippen LogP contribution in [0.2, 0.25) is 0 Å². The van der Waals surface area contributed by atoms with Crippen LogP contribution in [0.5, 0.6) is 5.75 Å². The predicted molar refractivity (Wildman–Crippen MR) is 125 cm³/mol. The van der Waals surface area contributed by atoms with Crippen molar-refractivity contribution in [2.45, 2.75) is 71.6 Å². The lowest BCUT2D eigenvalue weighted by molar-refractivity contribution is -0.117. The van der Waals surface area contributed by atoms with Crippen molar-refractivity contribution in [3.05, 3.63) is 59.7 Å². The molecule has 1 saturated carbocycles. The molecular formula is C27H37NO2. The maximum absolute atomic E-state index is 12.7. The van der Waals surface area contributed by atoms with E-state index in [0.717, 1.165) is 42.4 Å². The molecule has 0 radical (unpaired) electrons. The van der Waals surface area contributed by atoms with Crippen molar-refractivity contribution < 1.29 is 9.53 Å². The maximum Gasteiger partial charge on any atom is 0.231 e. The van der Waals surface area contributed by atoms with Gasteiger partial charge in [-0.05, 0) is 67.0 Å². The fourth-order valence-electron chi connectivity index (χ4n) is 4.27. The molecule has 1 aliphatic carbocycles. The minimum Gasteiger partial charge on any atom is -0.494 e. The third-order valence-corrected chi connectivity index (χ3v) is 6.16. The molecule has 1 N–H and O–H groups in total. The Kier molecular flexibility index (Phi) is 8.36. The summed E-state index contributed by atoms with van der Waals surface area (Å²) >= 11 is 0. The molecule has 0 aromatic heterocycles. The van der Waals surface area contributed by atoms with Crippen LogP contribution < -0.4 is 10.1 Å². The van der Waals surface area contributed by atoms with E-state index < -0.39 is 0 Å². The van der Waals surface area contributed by atoms with E-state index in [1.165, 1.54) is 37.7 Å². The van der Waals surface area contributed by atoms with Gasteiger partial charge in [0, 0.05) is 5.69 Å². The molecule has 0 aliphatic heterocycles. The Labute approximate surface area is 182 Å². The normalized spacial score (nSPS) is 15.7. The van der Waals surface area contributed by atoms with E-state index in [4.69, 9.17) is 4.74 Å². The molecule has 1 aliphatic rings. The zero-order valence-corrected chi connectivity index (χ0v) is 18.8. The van der Waals surface area contributed by atoms with Crippen LogP contribution in [0.25, 0.3) is 0 Å². The molecule has 0 heterocycles. The second-order valence-corrected chi connectivity index (χ2v) is 9.22. The first-order valence-electron chi connectivity index (χ1n) is 11.6. The number of carbonyl (C=O) groups is 1. The lowest BCUT2D eigenvalue weighted by Crippen LogP contribution is -2.18. The molecule has 0 saturated heterocycles. The van der Waals surface area contributed by atoms with Gasteiger partial charge in [-0.25, -0.2) is 0 Å². The van der Waals surface area contributed by atoms with Gasteiger partial charge in [0.05, 0.1) is 12.5 Å².